The maximum atomic E-state index is 2.38. The third-order valence-electron chi connectivity index (χ3n) is 1.89. The fourth-order valence-electron chi connectivity index (χ4n) is 1.23. The fourth-order valence-corrected chi connectivity index (χ4v) is 2.48. The SMILES string of the molecule is CC1(C)CCCCSC1. The van der Waals surface area contributed by atoms with Gasteiger partial charge in [-0.05, 0) is 29.8 Å². The van der Waals surface area contributed by atoms with Crippen LogP contribution in [0.15, 0.2) is 0 Å². The molecule has 1 heterocycles. The summed E-state index contributed by atoms with van der Waals surface area (Å²) in [6.45, 7) is 4.76. The molecule has 1 rings (SSSR count). The molecule has 0 aromatic rings. The Hall–Kier alpha value is 0.350. The molecule has 0 aromatic carbocycles. The molecule has 0 atom stereocenters. The summed E-state index contributed by atoms with van der Waals surface area (Å²) < 4.78 is 0. The minimum atomic E-state index is 0.626. The van der Waals surface area contributed by atoms with Crippen molar-refractivity contribution < 1.29 is 0 Å². The Morgan fingerprint density at radius 2 is 2.00 bits per heavy atom. The highest BCUT2D eigenvalue weighted by Crippen LogP contribution is 2.31. The highest BCUT2D eigenvalue weighted by molar-refractivity contribution is 7.99. The lowest BCUT2D eigenvalue weighted by molar-refractivity contribution is 0.379. The fraction of sp³-hybridized carbons (Fsp3) is 1.00. The Bertz CT molecular complexity index is 76.6. The zero-order valence-electron chi connectivity index (χ0n) is 6.44. The topological polar surface area (TPSA) is 0 Å². The molecule has 9 heavy (non-hydrogen) atoms. The molecule has 0 radical (unpaired) electrons. The summed E-state index contributed by atoms with van der Waals surface area (Å²) in [5.41, 5.74) is 0.626. The number of thioether (sulfide) groups is 1. The minimum absolute atomic E-state index is 0.626. The van der Waals surface area contributed by atoms with Crippen LogP contribution in [0.3, 0.4) is 0 Å². The molecular weight excluding hydrogens is 128 g/mol. The second kappa shape index (κ2) is 2.96. The summed E-state index contributed by atoms with van der Waals surface area (Å²) in [6.07, 6.45) is 4.31. The van der Waals surface area contributed by atoms with Crippen LogP contribution in [0.1, 0.15) is 33.1 Å². The Kier molecular flexibility index (Phi) is 2.45. The van der Waals surface area contributed by atoms with Gasteiger partial charge in [-0.1, -0.05) is 20.3 Å². The predicted octanol–water partition coefficient (Wildman–Crippen LogP) is 2.93. The Morgan fingerprint density at radius 1 is 1.22 bits per heavy atom. The number of hydrogen-bond donors (Lipinski definition) is 0. The first kappa shape index (κ1) is 7.46. The minimum Gasteiger partial charge on any atom is -0.161 e. The molecule has 1 aliphatic rings. The molecule has 1 heteroatoms. The van der Waals surface area contributed by atoms with Gasteiger partial charge in [0.25, 0.3) is 0 Å². The average molecular weight is 144 g/mol. The highest BCUT2D eigenvalue weighted by atomic mass is 32.2. The summed E-state index contributed by atoms with van der Waals surface area (Å²) >= 11 is 2.12. The Morgan fingerprint density at radius 3 is 2.78 bits per heavy atom. The van der Waals surface area contributed by atoms with Crippen molar-refractivity contribution in [3.05, 3.63) is 0 Å². The quantitative estimate of drug-likeness (QED) is 0.503. The van der Waals surface area contributed by atoms with Crippen molar-refractivity contribution in [1.82, 2.24) is 0 Å². The van der Waals surface area contributed by atoms with E-state index in [2.05, 4.69) is 25.6 Å². The smallest absolute Gasteiger partial charge is 0.00161 e. The van der Waals surface area contributed by atoms with Crippen LogP contribution in [0.2, 0.25) is 0 Å². The van der Waals surface area contributed by atoms with Crippen molar-refractivity contribution >= 4 is 11.8 Å². The molecule has 0 amide bonds. The predicted molar refractivity (Wildman–Crippen MR) is 45.0 cm³/mol. The molecule has 0 unspecified atom stereocenters. The van der Waals surface area contributed by atoms with E-state index in [1.54, 1.807) is 0 Å². The molecule has 54 valence electrons. The molecule has 0 nitrogen and oxygen atoms in total. The van der Waals surface area contributed by atoms with Gasteiger partial charge in [-0.3, -0.25) is 0 Å². The van der Waals surface area contributed by atoms with Crippen LogP contribution < -0.4 is 0 Å². The lowest BCUT2D eigenvalue weighted by atomic mass is 9.90. The first-order valence-corrected chi connectivity index (χ1v) is 4.94. The molecule has 1 saturated heterocycles. The summed E-state index contributed by atoms with van der Waals surface area (Å²) in [6, 6.07) is 0. The zero-order valence-corrected chi connectivity index (χ0v) is 7.26. The van der Waals surface area contributed by atoms with E-state index < -0.39 is 0 Å². The second-order valence-corrected chi connectivity index (χ2v) is 4.78. The van der Waals surface area contributed by atoms with Crippen molar-refractivity contribution in [2.45, 2.75) is 33.1 Å². The van der Waals surface area contributed by atoms with Crippen LogP contribution in [0.5, 0.6) is 0 Å². The van der Waals surface area contributed by atoms with Gasteiger partial charge in [-0.15, -0.1) is 0 Å². The summed E-state index contributed by atoms with van der Waals surface area (Å²) in [7, 11) is 0. The van der Waals surface area contributed by atoms with E-state index in [1.807, 2.05) is 0 Å². The van der Waals surface area contributed by atoms with E-state index in [4.69, 9.17) is 0 Å². The van der Waals surface area contributed by atoms with Gasteiger partial charge in [0.15, 0.2) is 0 Å². The van der Waals surface area contributed by atoms with Crippen LogP contribution in [0.25, 0.3) is 0 Å². The van der Waals surface area contributed by atoms with E-state index in [0.717, 1.165) is 0 Å². The van der Waals surface area contributed by atoms with Gasteiger partial charge in [0.2, 0.25) is 0 Å². The first-order valence-electron chi connectivity index (χ1n) is 3.78. The molecule has 0 aliphatic carbocycles. The standard InChI is InChI=1S/C8H16S/c1-8(2)5-3-4-6-9-7-8/h3-7H2,1-2H3. The highest BCUT2D eigenvalue weighted by Gasteiger charge is 2.19. The first-order chi connectivity index (χ1) is 4.21. The summed E-state index contributed by atoms with van der Waals surface area (Å²) in [5, 5.41) is 0. The third kappa shape index (κ3) is 2.61. The summed E-state index contributed by atoms with van der Waals surface area (Å²) in [5.74, 6) is 2.76. The maximum absolute atomic E-state index is 2.38. The molecule has 0 N–H and O–H groups in total. The largest absolute Gasteiger partial charge is 0.161 e. The van der Waals surface area contributed by atoms with E-state index in [9.17, 15) is 0 Å². The average Bonchev–Trinajstić information content (AvgIpc) is 1.92. The molecule has 1 aliphatic heterocycles. The second-order valence-electron chi connectivity index (χ2n) is 3.67. The van der Waals surface area contributed by atoms with Crippen molar-refractivity contribution in [2.24, 2.45) is 5.41 Å². The number of rotatable bonds is 0. The lowest BCUT2D eigenvalue weighted by Gasteiger charge is -2.20. The molecule has 0 saturated carbocycles. The van der Waals surface area contributed by atoms with Gasteiger partial charge in [0.05, 0.1) is 0 Å². The summed E-state index contributed by atoms with van der Waals surface area (Å²) in [4.78, 5) is 0. The van der Waals surface area contributed by atoms with Crippen LogP contribution in [0, 0.1) is 5.41 Å². The van der Waals surface area contributed by atoms with E-state index in [0.29, 0.717) is 5.41 Å². The maximum Gasteiger partial charge on any atom is -0.00161 e. The van der Waals surface area contributed by atoms with E-state index in [-0.39, 0.29) is 0 Å². The van der Waals surface area contributed by atoms with Crippen LogP contribution in [0.4, 0.5) is 0 Å². The Balaban J connectivity index is 2.36. The van der Waals surface area contributed by atoms with Gasteiger partial charge in [0, 0.05) is 0 Å². The molecule has 1 fully saturated rings. The molecule has 0 aromatic heterocycles. The van der Waals surface area contributed by atoms with Crippen molar-refractivity contribution in [3.8, 4) is 0 Å². The van der Waals surface area contributed by atoms with Crippen LogP contribution in [-0.2, 0) is 0 Å². The van der Waals surface area contributed by atoms with Gasteiger partial charge < -0.3 is 0 Å². The van der Waals surface area contributed by atoms with Gasteiger partial charge in [-0.2, -0.15) is 11.8 Å². The van der Waals surface area contributed by atoms with Crippen molar-refractivity contribution in [3.63, 3.8) is 0 Å². The zero-order chi connectivity index (χ0) is 6.74. The van der Waals surface area contributed by atoms with Crippen molar-refractivity contribution in [2.75, 3.05) is 11.5 Å². The van der Waals surface area contributed by atoms with E-state index in [1.165, 1.54) is 30.8 Å². The third-order valence-corrected chi connectivity index (χ3v) is 3.45. The van der Waals surface area contributed by atoms with Gasteiger partial charge in [-0.25, -0.2) is 0 Å². The lowest BCUT2D eigenvalue weighted by Crippen LogP contribution is -2.12. The van der Waals surface area contributed by atoms with Crippen molar-refractivity contribution in [1.29, 1.82) is 0 Å². The molecule has 0 bridgehead atoms. The van der Waals surface area contributed by atoms with Crippen LogP contribution >= 0.6 is 11.8 Å². The number of hydrogen-bond acceptors (Lipinski definition) is 1. The van der Waals surface area contributed by atoms with Gasteiger partial charge >= 0.3 is 0 Å². The van der Waals surface area contributed by atoms with Crippen LogP contribution in [-0.4, -0.2) is 11.5 Å². The van der Waals surface area contributed by atoms with E-state index >= 15 is 0 Å². The van der Waals surface area contributed by atoms with Gasteiger partial charge in [0.1, 0.15) is 0 Å². The normalized spacial score (nSPS) is 27.3. The monoisotopic (exact) mass is 144 g/mol. The Labute approximate surface area is 62.4 Å². The molecular formula is C8H16S. The molecule has 0 spiro atoms.